The fraction of sp³-hybridized carbons (Fsp3) is 0.278. The number of hydrogen-bond acceptors (Lipinski definition) is 7. The molecule has 0 saturated carbocycles. The summed E-state index contributed by atoms with van der Waals surface area (Å²) in [6.07, 6.45) is 7.75. The van der Waals surface area contributed by atoms with Gasteiger partial charge in [0, 0.05) is 65.0 Å². The molecule has 10 nitrogen and oxygen atoms in total. The first-order valence-electron chi connectivity index (χ1n) is 16.0. The number of H-pyrrole nitrogens is 2. The highest BCUT2D eigenvalue weighted by Crippen LogP contribution is 2.36. The van der Waals surface area contributed by atoms with Crippen molar-refractivity contribution < 1.29 is 9.18 Å². The predicted octanol–water partition coefficient (Wildman–Crippen LogP) is 6.28. The molecule has 240 valence electrons. The SMILES string of the molecule is CN(C)CCNc1cc(F)cc(-c2cccc3[nH]c(-c4[nH]nc5ncc(-c6cncc(NC(=O)CC7CCNCC7)c6)cc45)cc23)c1. The van der Waals surface area contributed by atoms with Crippen molar-refractivity contribution in [3.8, 4) is 33.6 Å². The van der Waals surface area contributed by atoms with Crippen molar-refractivity contribution >= 4 is 39.2 Å². The normalized spacial score (nSPS) is 13.9. The minimum Gasteiger partial charge on any atom is -0.384 e. The van der Waals surface area contributed by atoms with Gasteiger partial charge in [0.2, 0.25) is 5.91 Å². The van der Waals surface area contributed by atoms with Crippen LogP contribution in [0.5, 0.6) is 0 Å². The molecule has 11 heteroatoms. The Hall–Kier alpha value is -5.13. The Bertz CT molecular complexity index is 2040. The van der Waals surface area contributed by atoms with E-state index >= 15 is 0 Å². The molecule has 4 aromatic heterocycles. The Morgan fingerprint density at radius 1 is 0.957 bits per heavy atom. The summed E-state index contributed by atoms with van der Waals surface area (Å²) in [7, 11) is 4.02. The first kappa shape index (κ1) is 30.5. The molecule has 0 atom stereocenters. The number of likely N-dealkylation sites (N-methyl/N-ethyl adjacent to an activating group) is 1. The number of hydrogen-bond donors (Lipinski definition) is 5. The van der Waals surface area contributed by atoms with Gasteiger partial charge in [0.15, 0.2) is 5.65 Å². The number of carbonyl (C=O) groups excluding carboxylic acids is 1. The Morgan fingerprint density at radius 3 is 2.64 bits per heavy atom. The molecule has 1 amide bonds. The van der Waals surface area contributed by atoms with Crippen molar-refractivity contribution in [3.05, 3.63) is 79.0 Å². The quantitative estimate of drug-likeness (QED) is 0.121. The zero-order valence-electron chi connectivity index (χ0n) is 26.5. The molecule has 5 heterocycles. The van der Waals surface area contributed by atoms with E-state index in [-0.39, 0.29) is 11.7 Å². The molecule has 0 bridgehead atoms. The fourth-order valence-corrected chi connectivity index (χ4v) is 6.30. The number of nitrogens with one attached hydrogen (secondary N) is 5. The number of rotatable bonds is 10. The fourth-order valence-electron chi connectivity index (χ4n) is 6.30. The first-order valence-corrected chi connectivity index (χ1v) is 16.0. The molecule has 6 aromatic rings. The second-order valence-electron chi connectivity index (χ2n) is 12.5. The number of fused-ring (bicyclic) bond motifs is 2. The Labute approximate surface area is 272 Å². The lowest BCUT2D eigenvalue weighted by Gasteiger charge is -2.21. The van der Waals surface area contributed by atoms with Gasteiger partial charge in [-0.05, 0) is 99.5 Å². The molecule has 1 aliphatic heterocycles. The minimum atomic E-state index is -0.291. The third-order valence-electron chi connectivity index (χ3n) is 8.73. The number of aromatic amines is 2. The van der Waals surface area contributed by atoms with Crippen LogP contribution in [0.25, 0.3) is 55.6 Å². The average molecular weight is 632 g/mol. The summed E-state index contributed by atoms with van der Waals surface area (Å²) in [5.74, 6) is 0.121. The van der Waals surface area contributed by atoms with Crippen LogP contribution in [-0.4, -0.2) is 76.2 Å². The van der Waals surface area contributed by atoms with Crippen LogP contribution in [0.2, 0.25) is 0 Å². The topological polar surface area (TPSA) is 127 Å². The van der Waals surface area contributed by atoms with Gasteiger partial charge in [-0.2, -0.15) is 5.10 Å². The molecule has 5 N–H and O–H groups in total. The lowest BCUT2D eigenvalue weighted by Crippen LogP contribution is -2.30. The van der Waals surface area contributed by atoms with Crippen molar-refractivity contribution in [1.82, 2.24) is 35.4 Å². The maximum absolute atomic E-state index is 14.8. The van der Waals surface area contributed by atoms with E-state index in [0.29, 0.717) is 30.2 Å². The van der Waals surface area contributed by atoms with Gasteiger partial charge in [-0.1, -0.05) is 12.1 Å². The monoisotopic (exact) mass is 631 g/mol. The number of halogens is 1. The summed E-state index contributed by atoms with van der Waals surface area (Å²) >= 11 is 0. The highest BCUT2D eigenvalue weighted by Gasteiger charge is 2.18. The lowest BCUT2D eigenvalue weighted by molar-refractivity contribution is -0.117. The molecule has 2 aromatic carbocycles. The molecule has 1 fully saturated rings. The standard InChI is InChI=1S/C36H38FN9O/c1-46(2)11-10-40-27-14-23(13-26(37)17-27)29-4-3-5-32-30(29)18-33(43-32)35-31-16-25(20-41-36(31)45-44-35)24-15-28(21-39-19-24)42-34(47)12-22-6-8-38-9-7-22/h3-5,13-22,38,40,43H,6-12H2,1-2H3,(H,42,47)(H,41,44,45). The van der Waals surface area contributed by atoms with Gasteiger partial charge in [0.25, 0.3) is 0 Å². The van der Waals surface area contributed by atoms with Crippen molar-refractivity contribution in [2.24, 2.45) is 5.92 Å². The third kappa shape index (κ3) is 6.86. The number of benzene rings is 2. The Kier molecular flexibility index (Phi) is 8.64. The second-order valence-corrected chi connectivity index (χ2v) is 12.5. The van der Waals surface area contributed by atoms with Crippen LogP contribution in [0, 0.1) is 11.7 Å². The Balaban J connectivity index is 1.16. The van der Waals surface area contributed by atoms with Crippen LogP contribution >= 0.6 is 0 Å². The van der Waals surface area contributed by atoms with Crippen LogP contribution in [0.3, 0.4) is 0 Å². The molecule has 7 rings (SSSR count). The maximum Gasteiger partial charge on any atom is 0.224 e. The summed E-state index contributed by atoms with van der Waals surface area (Å²) in [6.45, 7) is 3.48. The highest BCUT2D eigenvalue weighted by atomic mass is 19.1. The highest BCUT2D eigenvalue weighted by molar-refractivity contribution is 6.01. The van der Waals surface area contributed by atoms with Crippen molar-refractivity contribution in [1.29, 1.82) is 0 Å². The summed E-state index contributed by atoms with van der Waals surface area (Å²) in [6, 6.07) is 17.1. The molecule has 0 unspecified atom stereocenters. The third-order valence-corrected chi connectivity index (χ3v) is 8.73. The summed E-state index contributed by atoms with van der Waals surface area (Å²) in [4.78, 5) is 27.4. The van der Waals surface area contributed by atoms with Gasteiger partial charge in [-0.25, -0.2) is 9.37 Å². The molecular formula is C36H38FN9O. The lowest BCUT2D eigenvalue weighted by atomic mass is 9.94. The van der Waals surface area contributed by atoms with Crippen LogP contribution in [0.4, 0.5) is 15.8 Å². The van der Waals surface area contributed by atoms with Gasteiger partial charge in [0.05, 0.1) is 23.3 Å². The van der Waals surface area contributed by atoms with Crippen molar-refractivity contribution in [3.63, 3.8) is 0 Å². The van der Waals surface area contributed by atoms with Crippen LogP contribution in [0.1, 0.15) is 19.3 Å². The number of aromatic nitrogens is 5. The number of amides is 1. The molecule has 0 radical (unpaired) electrons. The van der Waals surface area contributed by atoms with Gasteiger partial charge in [0.1, 0.15) is 5.82 Å². The number of nitrogens with zero attached hydrogens (tertiary/aromatic N) is 4. The summed E-state index contributed by atoms with van der Waals surface area (Å²) in [5, 5.41) is 19.1. The number of anilines is 2. The first-order chi connectivity index (χ1) is 22.9. The zero-order valence-corrected chi connectivity index (χ0v) is 26.5. The zero-order chi connectivity index (χ0) is 32.3. The Morgan fingerprint density at radius 2 is 1.79 bits per heavy atom. The molecule has 1 aliphatic rings. The van der Waals surface area contributed by atoms with Gasteiger partial charge >= 0.3 is 0 Å². The van der Waals surface area contributed by atoms with E-state index in [2.05, 4.69) is 52.1 Å². The van der Waals surface area contributed by atoms with Gasteiger partial charge < -0.3 is 25.8 Å². The van der Waals surface area contributed by atoms with E-state index in [9.17, 15) is 9.18 Å². The van der Waals surface area contributed by atoms with E-state index in [0.717, 1.165) is 88.1 Å². The van der Waals surface area contributed by atoms with Gasteiger partial charge in [-0.15, -0.1) is 0 Å². The largest absolute Gasteiger partial charge is 0.384 e. The van der Waals surface area contributed by atoms with Crippen LogP contribution < -0.4 is 16.0 Å². The molecular weight excluding hydrogens is 593 g/mol. The number of carbonyl (C=O) groups is 1. The van der Waals surface area contributed by atoms with Gasteiger partial charge in [-0.3, -0.25) is 14.9 Å². The van der Waals surface area contributed by atoms with E-state index in [1.54, 1.807) is 24.7 Å². The average Bonchev–Trinajstić information content (AvgIpc) is 3.69. The number of pyridine rings is 2. The van der Waals surface area contributed by atoms with E-state index in [4.69, 9.17) is 0 Å². The van der Waals surface area contributed by atoms with Crippen molar-refractivity contribution in [2.75, 3.05) is 50.9 Å². The van der Waals surface area contributed by atoms with E-state index in [1.165, 1.54) is 6.07 Å². The summed E-state index contributed by atoms with van der Waals surface area (Å²) in [5.41, 5.74) is 7.95. The summed E-state index contributed by atoms with van der Waals surface area (Å²) < 4.78 is 14.8. The molecule has 1 saturated heterocycles. The van der Waals surface area contributed by atoms with E-state index in [1.807, 2.05) is 50.5 Å². The van der Waals surface area contributed by atoms with Crippen LogP contribution in [0.15, 0.2) is 73.2 Å². The smallest absolute Gasteiger partial charge is 0.224 e. The molecule has 0 spiro atoms. The predicted molar refractivity (Wildman–Crippen MR) is 186 cm³/mol. The van der Waals surface area contributed by atoms with Crippen molar-refractivity contribution in [2.45, 2.75) is 19.3 Å². The second kappa shape index (κ2) is 13.3. The number of piperidine rings is 1. The minimum absolute atomic E-state index is 0.00906. The molecule has 0 aliphatic carbocycles. The molecule has 47 heavy (non-hydrogen) atoms. The van der Waals surface area contributed by atoms with E-state index < -0.39 is 0 Å². The maximum atomic E-state index is 14.8. The van der Waals surface area contributed by atoms with Crippen LogP contribution in [-0.2, 0) is 4.79 Å².